The molecule has 6 nitrogen and oxygen atoms in total. The van der Waals surface area contributed by atoms with Gasteiger partial charge in [-0.05, 0) is 32.8 Å². The van der Waals surface area contributed by atoms with E-state index in [9.17, 15) is 15.2 Å². The van der Waals surface area contributed by atoms with E-state index in [-0.39, 0.29) is 30.2 Å². The van der Waals surface area contributed by atoms with Crippen molar-refractivity contribution >= 4 is 11.4 Å². The second kappa shape index (κ2) is 6.09. The van der Waals surface area contributed by atoms with Crippen LogP contribution in [-0.4, -0.2) is 35.3 Å². The van der Waals surface area contributed by atoms with Crippen molar-refractivity contribution in [2.75, 3.05) is 18.1 Å². The van der Waals surface area contributed by atoms with Crippen LogP contribution in [0.1, 0.15) is 26.7 Å². The fourth-order valence-corrected chi connectivity index (χ4v) is 2.55. The van der Waals surface area contributed by atoms with E-state index < -0.39 is 4.92 Å². The number of benzene rings is 1. The van der Waals surface area contributed by atoms with Crippen molar-refractivity contribution in [2.45, 2.75) is 38.8 Å². The van der Waals surface area contributed by atoms with Gasteiger partial charge in [0, 0.05) is 24.4 Å². The minimum absolute atomic E-state index is 0.0257. The monoisotopic (exact) mass is 280 g/mol. The maximum absolute atomic E-state index is 11.0. The number of aliphatic hydroxyl groups is 1. The minimum Gasteiger partial charge on any atom is -0.484 e. The van der Waals surface area contributed by atoms with Crippen LogP contribution in [-0.2, 0) is 0 Å². The van der Waals surface area contributed by atoms with Gasteiger partial charge in [0.05, 0.1) is 23.7 Å². The van der Waals surface area contributed by atoms with Crippen molar-refractivity contribution in [1.82, 2.24) is 0 Å². The zero-order valence-electron chi connectivity index (χ0n) is 11.8. The minimum atomic E-state index is -0.436. The van der Waals surface area contributed by atoms with Crippen LogP contribution >= 0.6 is 0 Å². The quantitative estimate of drug-likeness (QED) is 0.662. The predicted octanol–water partition coefficient (Wildman–Crippen LogP) is 2.34. The van der Waals surface area contributed by atoms with Gasteiger partial charge in [-0.2, -0.15) is 0 Å². The van der Waals surface area contributed by atoms with E-state index in [0.717, 1.165) is 25.1 Å². The van der Waals surface area contributed by atoms with E-state index in [0.29, 0.717) is 0 Å². The number of nitro groups is 1. The topological polar surface area (TPSA) is 75.8 Å². The standard InChI is InChI=1S/C14H20N2O4/c1-10(2)20-14-8-11(5-6-13(14)16(18)19)15-7-3-4-12(15)9-17/h5-6,8,10,12,17H,3-4,7,9H2,1-2H3. The average Bonchev–Trinajstić information content (AvgIpc) is 2.85. The van der Waals surface area contributed by atoms with Gasteiger partial charge in [-0.25, -0.2) is 0 Å². The smallest absolute Gasteiger partial charge is 0.311 e. The third-order valence-electron chi connectivity index (χ3n) is 3.42. The molecule has 1 fully saturated rings. The molecule has 20 heavy (non-hydrogen) atoms. The Morgan fingerprint density at radius 3 is 2.90 bits per heavy atom. The first-order valence-electron chi connectivity index (χ1n) is 6.85. The molecule has 1 N–H and O–H groups in total. The first-order chi connectivity index (χ1) is 9.52. The summed E-state index contributed by atoms with van der Waals surface area (Å²) in [5.74, 6) is 0.283. The maximum atomic E-state index is 11.0. The molecular formula is C14H20N2O4. The Hall–Kier alpha value is -1.82. The molecule has 0 bridgehead atoms. The number of aliphatic hydroxyl groups excluding tert-OH is 1. The molecule has 2 rings (SSSR count). The van der Waals surface area contributed by atoms with Crippen molar-refractivity contribution in [3.63, 3.8) is 0 Å². The summed E-state index contributed by atoms with van der Waals surface area (Å²) in [6, 6.07) is 4.98. The number of ether oxygens (including phenoxy) is 1. The second-order valence-electron chi connectivity index (χ2n) is 5.25. The fraction of sp³-hybridized carbons (Fsp3) is 0.571. The molecule has 6 heteroatoms. The average molecular weight is 280 g/mol. The molecule has 1 heterocycles. The molecule has 0 aliphatic carbocycles. The van der Waals surface area contributed by atoms with Gasteiger partial charge in [-0.3, -0.25) is 10.1 Å². The van der Waals surface area contributed by atoms with Gasteiger partial charge in [0.25, 0.3) is 0 Å². The Morgan fingerprint density at radius 2 is 2.30 bits per heavy atom. The lowest BCUT2D eigenvalue weighted by Crippen LogP contribution is -2.32. The summed E-state index contributed by atoms with van der Waals surface area (Å²) in [5.41, 5.74) is 0.838. The van der Waals surface area contributed by atoms with Gasteiger partial charge in [0.2, 0.25) is 0 Å². The Kier molecular flexibility index (Phi) is 4.44. The summed E-state index contributed by atoms with van der Waals surface area (Å²) in [6.07, 6.45) is 1.83. The second-order valence-corrected chi connectivity index (χ2v) is 5.25. The highest BCUT2D eigenvalue weighted by molar-refractivity contribution is 5.60. The molecule has 0 aromatic heterocycles. The van der Waals surface area contributed by atoms with Crippen molar-refractivity contribution in [3.8, 4) is 5.75 Å². The number of anilines is 1. The summed E-state index contributed by atoms with van der Waals surface area (Å²) in [7, 11) is 0. The van der Waals surface area contributed by atoms with E-state index in [4.69, 9.17) is 4.74 Å². The highest BCUT2D eigenvalue weighted by Crippen LogP contribution is 2.35. The highest BCUT2D eigenvalue weighted by Gasteiger charge is 2.26. The largest absolute Gasteiger partial charge is 0.484 e. The van der Waals surface area contributed by atoms with Gasteiger partial charge in [0.15, 0.2) is 5.75 Å². The van der Waals surface area contributed by atoms with E-state index in [1.807, 2.05) is 13.8 Å². The maximum Gasteiger partial charge on any atom is 0.311 e. The molecule has 0 spiro atoms. The lowest BCUT2D eigenvalue weighted by Gasteiger charge is -2.25. The Bertz CT molecular complexity index is 490. The summed E-state index contributed by atoms with van der Waals surface area (Å²) >= 11 is 0. The molecule has 1 atom stereocenters. The van der Waals surface area contributed by atoms with Crippen LogP contribution in [0, 0.1) is 10.1 Å². The molecule has 1 saturated heterocycles. The third-order valence-corrected chi connectivity index (χ3v) is 3.42. The number of hydrogen-bond donors (Lipinski definition) is 1. The zero-order chi connectivity index (χ0) is 14.7. The van der Waals surface area contributed by atoms with Gasteiger partial charge in [0.1, 0.15) is 0 Å². The summed E-state index contributed by atoms with van der Waals surface area (Å²) in [4.78, 5) is 12.7. The van der Waals surface area contributed by atoms with E-state index in [2.05, 4.69) is 4.90 Å². The van der Waals surface area contributed by atoms with Crippen LogP contribution in [0.3, 0.4) is 0 Å². The van der Waals surface area contributed by atoms with Crippen molar-refractivity contribution < 1.29 is 14.8 Å². The summed E-state index contributed by atoms with van der Waals surface area (Å²) in [5, 5.41) is 20.4. The van der Waals surface area contributed by atoms with Crippen molar-refractivity contribution in [3.05, 3.63) is 28.3 Å². The summed E-state index contributed by atoms with van der Waals surface area (Å²) < 4.78 is 5.54. The first kappa shape index (κ1) is 14.6. The lowest BCUT2D eigenvalue weighted by molar-refractivity contribution is -0.386. The molecular weight excluding hydrogens is 260 g/mol. The molecule has 0 saturated carbocycles. The van der Waals surface area contributed by atoms with Crippen LogP contribution < -0.4 is 9.64 Å². The lowest BCUT2D eigenvalue weighted by atomic mass is 10.2. The predicted molar refractivity (Wildman–Crippen MR) is 76.3 cm³/mol. The van der Waals surface area contributed by atoms with E-state index in [1.165, 1.54) is 6.07 Å². The fourth-order valence-electron chi connectivity index (χ4n) is 2.55. The van der Waals surface area contributed by atoms with E-state index >= 15 is 0 Å². The van der Waals surface area contributed by atoms with Gasteiger partial charge < -0.3 is 14.7 Å². The van der Waals surface area contributed by atoms with Gasteiger partial charge in [-0.1, -0.05) is 0 Å². The van der Waals surface area contributed by atoms with Crippen molar-refractivity contribution in [1.29, 1.82) is 0 Å². The molecule has 0 amide bonds. The van der Waals surface area contributed by atoms with Crippen LogP contribution in [0.25, 0.3) is 0 Å². The summed E-state index contributed by atoms with van der Waals surface area (Å²) in [6.45, 7) is 4.62. The molecule has 110 valence electrons. The van der Waals surface area contributed by atoms with Crippen LogP contribution in [0.2, 0.25) is 0 Å². The van der Waals surface area contributed by atoms with Crippen LogP contribution in [0.15, 0.2) is 18.2 Å². The number of nitro benzene ring substituents is 1. The normalized spacial score (nSPS) is 18.6. The zero-order valence-corrected chi connectivity index (χ0v) is 11.8. The molecule has 1 aromatic carbocycles. The van der Waals surface area contributed by atoms with Crippen molar-refractivity contribution in [2.24, 2.45) is 0 Å². The molecule has 1 aliphatic rings. The molecule has 0 radical (unpaired) electrons. The Morgan fingerprint density at radius 1 is 1.55 bits per heavy atom. The number of nitrogens with zero attached hydrogens (tertiary/aromatic N) is 2. The van der Waals surface area contributed by atoms with Crippen LogP contribution in [0.5, 0.6) is 5.75 Å². The van der Waals surface area contributed by atoms with Gasteiger partial charge >= 0.3 is 5.69 Å². The molecule has 1 unspecified atom stereocenters. The highest BCUT2D eigenvalue weighted by atomic mass is 16.6. The third kappa shape index (κ3) is 3.01. The SMILES string of the molecule is CC(C)Oc1cc(N2CCCC2CO)ccc1[N+](=O)[O-]. The number of rotatable bonds is 5. The van der Waals surface area contributed by atoms with Crippen LogP contribution in [0.4, 0.5) is 11.4 Å². The first-order valence-corrected chi connectivity index (χ1v) is 6.85. The van der Waals surface area contributed by atoms with E-state index in [1.54, 1.807) is 12.1 Å². The van der Waals surface area contributed by atoms with Gasteiger partial charge in [-0.15, -0.1) is 0 Å². The Labute approximate surface area is 118 Å². The molecule has 1 aliphatic heterocycles. The molecule has 1 aromatic rings. The Balaban J connectivity index is 2.33. The number of hydrogen-bond acceptors (Lipinski definition) is 5.